The molecular formula is C22H21ClN4O. The fourth-order valence-electron chi connectivity index (χ4n) is 3.32. The lowest BCUT2D eigenvalue weighted by Gasteiger charge is -2.16. The van der Waals surface area contributed by atoms with Crippen LogP contribution in [0, 0.1) is 6.92 Å². The molecule has 28 heavy (non-hydrogen) atoms. The maximum Gasteiger partial charge on any atom is 0.255 e. The summed E-state index contributed by atoms with van der Waals surface area (Å²) in [6.07, 6.45) is 3.97. The molecule has 4 rings (SSSR count). The van der Waals surface area contributed by atoms with Crippen molar-refractivity contribution < 1.29 is 4.79 Å². The van der Waals surface area contributed by atoms with Gasteiger partial charge >= 0.3 is 0 Å². The number of carbonyl (C=O) groups is 1. The Hall–Kier alpha value is -2.92. The van der Waals surface area contributed by atoms with E-state index in [1.807, 2.05) is 43.3 Å². The summed E-state index contributed by atoms with van der Waals surface area (Å²) in [4.78, 5) is 23.7. The highest BCUT2D eigenvalue weighted by atomic mass is 35.5. The van der Waals surface area contributed by atoms with Gasteiger partial charge in [-0.15, -0.1) is 0 Å². The Morgan fingerprint density at radius 3 is 2.68 bits per heavy atom. The highest BCUT2D eigenvalue weighted by Crippen LogP contribution is 2.25. The smallest absolute Gasteiger partial charge is 0.255 e. The summed E-state index contributed by atoms with van der Waals surface area (Å²) in [5, 5.41) is 3.52. The van der Waals surface area contributed by atoms with E-state index in [1.54, 1.807) is 18.5 Å². The molecule has 0 spiro atoms. The zero-order chi connectivity index (χ0) is 19.5. The van der Waals surface area contributed by atoms with Crippen LogP contribution in [0.15, 0.2) is 54.9 Å². The molecule has 0 aliphatic carbocycles. The summed E-state index contributed by atoms with van der Waals surface area (Å²) in [5.41, 5.74) is 3.90. The van der Waals surface area contributed by atoms with Gasteiger partial charge in [0.25, 0.3) is 5.91 Å². The van der Waals surface area contributed by atoms with Crippen molar-refractivity contribution in [3.8, 4) is 11.3 Å². The molecule has 0 saturated carbocycles. The lowest BCUT2D eigenvalue weighted by molar-refractivity contribution is 0.102. The molecule has 0 radical (unpaired) electrons. The number of amides is 1. The number of anilines is 2. The molecule has 0 atom stereocenters. The predicted molar refractivity (Wildman–Crippen MR) is 113 cm³/mol. The van der Waals surface area contributed by atoms with Crippen molar-refractivity contribution in [1.82, 2.24) is 9.97 Å². The van der Waals surface area contributed by atoms with Crippen LogP contribution in [0.2, 0.25) is 5.02 Å². The Morgan fingerprint density at radius 2 is 1.89 bits per heavy atom. The Bertz CT molecular complexity index is 1010. The highest BCUT2D eigenvalue weighted by Gasteiger charge is 2.15. The van der Waals surface area contributed by atoms with Crippen LogP contribution >= 0.6 is 11.6 Å². The van der Waals surface area contributed by atoms with E-state index in [9.17, 15) is 4.79 Å². The van der Waals surface area contributed by atoms with Gasteiger partial charge in [-0.2, -0.15) is 0 Å². The van der Waals surface area contributed by atoms with Crippen LogP contribution in [0.1, 0.15) is 28.8 Å². The molecule has 1 saturated heterocycles. The molecule has 3 aromatic rings. The number of benzene rings is 2. The number of halogens is 1. The molecule has 1 aromatic heterocycles. The van der Waals surface area contributed by atoms with E-state index >= 15 is 0 Å². The van der Waals surface area contributed by atoms with Crippen molar-refractivity contribution in [3.63, 3.8) is 0 Å². The standard InChI is InChI=1S/C22H21ClN4O/c1-15-7-8-18(12-19(15)23)26-22(28)17-6-4-5-16(11-17)20-13-21(25-14-24-20)27-9-2-3-10-27/h4-8,11-14H,2-3,9-10H2,1H3,(H,26,28). The van der Waals surface area contributed by atoms with Crippen molar-refractivity contribution in [2.45, 2.75) is 19.8 Å². The number of carbonyl (C=O) groups excluding carboxylic acids is 1. The minimum atomic E-state index is -0.185. The van der Waals surface area contributed by atoms with E-state index in [2.05, 4.69) is 20.2 Å². The summed E-state index contributed by atoms with van der Waals surface area (Å²) >= 11 is 6.15. The second kappa shape index (κ2) is 7.98. The van der Waals surface area contributed by atoms with Crippen LogP contribution in [-0.2, 0) is 0 Å². The number of rotatable bonds is 4. The van der Waals surface area contributed by atoms with E-state index < -0.39 is 0 Å². The third-order valence-electron chi connectivity index (χ3n) is 4.93. The van der Waals surface area contributed by atoms with Gasteiger partial charge in [0.15, 0.2) is 0 Å². The van der Waals surface area contributed by atoms with Crippen LogP contribution in [-0.4, -0.2) is 29.0 Å². The fraction of sp³-hybridized carbons (Fsp3) is 0.227. The maximum atomic E-state index is 12.7. The number of hydrogen-bond acceptors (Lipinski definition) is 4. The van der Waals surface area contributed by atoms with E-state index in [0.717, 1.165) is 35.7 Å². The number of aryl methyl sites for hydroxylation is 1. The third kappa shape index (κ3) is 3.99. The SMILES string of the molecule is Cc1ccc(NC(=O)c2cccc(-c3cc(N4CCCC4)ncn3)c2)cc1Cl. The van der Waals surface area contributed by atoms with Gasteiger partial charge in [0.05, 0.1) is 5.69 Å². The van der Waals surface area contributed by atoms with Gasteiger partial charge in [0, 0.05) is 41.0 Å². The van der Waals surface area contributed by atoms with E-state index in [0.29, 0.717) is 16.3 Å². The summed E-state index contributed by atoms with van der Waals surface area (Å²) in [5.74, 6) is 0.752. The van der Waals surface area contributed by atoms with Crippen molar-refractivity contribution >= 4 is 29.0 Å². The molecule has 1 fully saturated rings. The van der Waals surface area contributed by atoms with Gasteiger partial charge in [-0.05, 0) is 49.6 Å². The molecule has 1 amide bonds. The number of nitrogens with zero attached hydrogens (tertiary/aromatic N) is 3. The first-order valence-corrected chi connectivity index (χ1v) is 9.73. The summed E-state index contributed by atoms with van der Waals surface area (Å²) in [6, 6.07) is 14.9. The largest absolute Gasteiger partial charge is 0.357 e. The second-order valence-electron chi connectivity index (χ2n) is 6.95. The minimum Gasteiger partial charge on any atom is -0.357 e. The Kier molecular flexibility index (Phi) is 5.26. The zero-order valence-electron chi connectivity index (χ0n) is 15.7. The van der Waals surface area contributed by atoms with Crippen LogP contribution in [0.25, 0.3) is 11.3 Å². The molecule has 5 nitrogen and oxygen atoms in total. The monoisotopic (exact) mass is 392 g/mol. The Morgan fingerprint density at radius 1 is 1.07 bits per heavy atom. The molecule has 2 aromatic carbocycles. The molecule has 0 unspecified atom stereocenters. The zero-order valence-corrected chi connectivity index (χ0v) is 16.4. The number of hydrogen-bond donors (Lipinski definition) is 1. The third-order valence-corrected chi connectivity index (χ3v) is 5.34. The van der Waals surface area contributed by atoms with Gasteiger partial charge in [-0.25, -0.2) is 9.97 Å². The minimum absolute atomic E-state index is 0.185. The first-order valence-electron chi connectivity index (χ1n) is 9.35. The molecular weight excluding hydrogens is 372 g/mol. The lowest BCUT2D eigenvalue weighted by atomic mass is 10.1. The Balaban J connectivity index is 1.56. The van der Waals surface area contributed by atoms with Crippen LogP contribution < -0.4 is 10.2 Å². The van der Waals surface area contributed by atoms with Gasteiger partial charge < -0.3 is 10.2 Å². The number of nitrogens with one attached hydrogen (secondary N) is 1. The average molecular weight is 393 g/mol. The number of aromatic nitrogens is 2. The molecule has 142 valence electrons. The highest BCUT2D eigenvalue weighted by molar-refractivity contribution is 6.31. The first kappa shape index (κ1) is 18.4. The topological polar surface area (TPSA) is 58.1 Å². The van der Waals surface area contributed by atoms with Crippen molar-refractivity contribution in [3.05, 3.63) is 71.0 Å². The fourth-order valence-corrected chi connectivity index (χ4v) is 3.50. The quantitative estimate of drug-likeness (QED) is 0.681. The normalized spacial score (nSPS) is 13.6. The predicted octanol–water partition coefficient (Wildman–Crippen LogP) is 4.96. The summed E-state index contributed by atoms with van der Waals surface area (Å²) < 4.78 is 0. The molecule has 1 aliphatic rings. The molecule has 6 heteroatoms. The van der Waals surface area contributed by atoms with Crippen LogP contribution in [0.4, 0.5) is 11.5 Å². The first-order chi connectivity index (χ1) is 13.6. The molecule has 1 aliphatic heterocycles. The van der Waals surface area contributed by atoms with Crippen molar-refractivity contribution in [1.29, 1.82) is 0 Å². The average Bonchev–Trinajstić information content (AvgIpc) is 3.26. The van der Waals surface area contributed by atoms with Gasteiger partial charge in [0.2, 0.25) is 0 Å². The molecule has 0 bridgehead atoms. The lowest BCUT2D eigenvalue weighted by Crippen LogP contribution is -2.19. The van der Waals surface area contributed by atoms with Gasteiger partial charge in [-0.1, -0.05) is 29.8 Å². The van der Waals surface area contributed by atoms with Crippen LogP contribution in [0.3, 0.4) is 0 Å². The van der Waals surface area contributed by atoms with Gasteiger partial charge in [-0.3, -0.25) is 4.79 Å². The molecule has 1 N–H and O–H groups in total. The Labute approximate surface area is 169 Å². The summed E-state index contributed by atoms with van der Waals surface area (Å²) in [7, 11) is 0. The van der Waals surface area contributed by atoms with Crippen molar-refractivity contribution in [2.24, 2.45) is 0 Å². The van der Waals surface area contributed by atoms with E-state index in [4.69, 9.17) is 11.6 Å². The van der Waals surface area contributed by atoms with E-state index in [-0.39, 0.29) is 5.91 Å². The maximum absolute atomic E-state index is 12.7. The van der Waals surface area contributed by atoms with Crippen LogP contribution in [0.5, 0.6) is 0 Å². The summed E-state index contributed by atoms with van der Waals surface area (Å²) in [6.45, 7) is 3.98. The molecule has 2 heterocycles. The van der Waals surface area contributed by atoms with E-state index in [1.165, 1.54) is 12.8 Å². The van der Waals surface area contributed by atoms with Gasteiger partial charge in [0.1, 0.15) is 12.1 Å². The van der Waals surface area contributed by atoms with Crippen molar-refractivity contribution in [2.75, 3.05) is 23.3 Å². The second-order valence-corrected chi connectivity index (χ2v) is 7.36.